The van der Waals surface area contributed by atoms with Gasteiger partial charge in [-0.15, -0.1) is 0 Å². The molecule has 0 bridgehead atoms. The molecule has 1 N–H and O–H groups in total. The molecular formula is C18H27NO. The quantitative estimate of drug-likeness (QED) is 0.878. The van der Waals surface area contributed by atoms with Crippen LogP contribution in [0.3, 0.4) is 0 Å². The second-order valence-corrected chi connectivity index (χ2v) is 7.22. The molecule has 1 spiro atoms. The minimum Gasteiger partial charge on any atom is -0.496 e. The predicted octanol–water partition coefficient (Wildman–Crippen LogP) is 3.90. The van der Waals surface area contributed by atoms with Crippen molar-refractivity contribution in [1.29, 1.82) is 0 Å². The lowest BCUT2D eigenvalue weighted by Crippen LogP contribution is -2.58. The van der Waals surface area contributed by atoms with Gasteiger partial charge in [0.15, 0.2) is 0 Å². The lowest BCUT2D eigenvalue weighted by atomic mass is 9.43. The number of para-hydroxylation sites is 1. The van der Waals surface area contributed by atoms with Crippen LogP contribution in [0.5, 0.6) is 5.75 Å². The molecule has 3 rings (SSSR count). The van der Waals surface area contributed by atoms with Crippen LogP contribution in [0.4, 0.5) is 0 Å². The summed E-state index contributed by atoms with van der Waals surface area (Å²) in [7, 11) is 1.79. The van der Waals surface area contributed by atoms with Gasteiger partial charge in [-0.3, -0.25) is 0 Å². The highest BCUT2D eigenvalue weighted by Crippen LogP contribution is 2.65. The largest absolute Gasteiger partial charge is 0.496 e. The molecule has 0 heterocycles. The van der Waals surface area contributed by atoms with Gasteiger partial charge in [-0.25, -0.2) is 0 Å². The molecular weight excluding hydrogens is 246 g/mol. The summed E-state index contributed by atoms with van der Waals surface area (Å²) in [4.78, 5) is 0. The first-order valence-corrected chi connectivity index (χ1v) is 7.96. The van der Waals surface area contributed by atoms with E-state index in [0.29, 0.717) is 11.5 Å². The van der Waals surface area contributed by atoms with Gasteiger partial charge >= 0.3 is 0 Å². The standard InChI is InChI=1S/C18H27NO/c1-14(2)19-13-18(11-17(12-18)9-6-10-17)15-7-4-5-8-16(15)20-3/h4-5,7-8,14,19H,6,9-13H2,1-3H3. The summed E-state index contributed by atoms with van der Waals surface area (Å²) in [5.41, 5.74) is 2.37. The Morgan fingerprint density at radius 1 is 1.20 bits per heavy atom. The Morgan fingerprint density at radius 2 is 1.90 bits per heavy atom. The fourth-order valence-corrected chi connectivity index (χ4v) is 4.31. The molecule has 2 nitrogen and oxygen atoms in total. The van der Waals surface area contributed by atoms with E-state index in [1.165, 1.54) is 37.7 Å². The Balaban J connectivity index is 1.86. The topological polar surface area (TPSA) is 21.3 Å². The Hall–Kier alpha value is -1.02. The van der Waals surface area contributed by atoms with Gasteiger partial charge in [-0.2, -0.15) is 0 Å². The summed E-state index contributed by atoms with van der Waals surface area (Å²) in [5, 5.41) is 3.67. The summed E-state index contributed by atoms with van der Waals surface area (Å²) in [5.74, 6) is 1.06. The van der Waals surface area contributed by atoms with Gasteiger partial charge in [-0.05, 0) is 37.2 Å². The van der Waals surface area contributed by atoms with Crippen LogP contribution in [-0.4, -0.2) is 19.7 Å². The van der Waals surface area contributed by atoms with Crippen molar-refractivity contribution < 1.29 is 4.74 Å². The highest BCUT2D eigenvalue weighted by atomic mass is 16.5. The van der Waals surface area contributed by atoms with Crippen LogP contribution in [0, 0.1) is 5.41 Å². The van der Waals surface area contributed by atoms with Gasteiger partial charge in [0.25, 0.3) is 0 Å². The maximum Gasteiger partial charge on any atom is 0.122 e. The van der Waals surface area contributed by atoms with Gasteiger partial charge in [0.2, 0.25) is 0 Å². The van der Waals surface area contributed by atoms with E-state index in [-0.39, 0.29) is 5.41 Å². The van der Waals surface area contributed by atoms with E-state index < -0.39 is 0 Å². The Kier molecular flexibility index (Phi) is 3.53. The van der Waals surface area contributed by atoms with Crippen LogP contribution in [0.25, 0.3) is 0 Å². The molecule has 0 atom stereocenters. The number of nitrogens with one attached hydrogen (secondary N) is 1. The van der Waals surface area contributed by atoms with Crippen molar-refractivity contribution in [2.24, 2.45) is 5.41 Å². The van der Waals surface area contributed by atoms with Crippen LogP contribution in [-0.2, 0) is 5.41 Å². The van der Waals surface area contributed by atoms with E-state index in [1.807, 2.05) is 0 Å². The summed E-state index contributed by atoms with van der Waals surface area (Å²) < 4.78 is 5.63. The lowest BCUT2D eigenvalue weighted by Gasteiger charge is -2.62. The molecule has 2 fully saturated rings. The van der Waals surface area contributed by atoms with Crippen molar-refractivity contribution in [3.05, 3.63) is 29.8 Å². The van der Waals surface area contributed by atoms with Crippen LogP contribution in [0.1, 0.15) is 51.5 Å². The third-order valence-electron chi connectivity index (χ3n) is 5.37. The monoisotopic (exact) mass is 273 g/mol. The zero-order chi connectivity index (χ0) is 14.2. The number of benzene rings is 1. The van der Waals surface area contributed by atoms with E-state index >= 15 is 0 Å². The van der Waals surface area contributed by atoms with Gasteiger partial charge < -0.3 is 10.1 Å². The van der Waals surface area contributed by atoms with Crippen LogP contribution >= 0.6 is 0 Å². The smallest absolute Gasteiger partial charge is 0.122 e. The summed E-state index contributed by atoms with van der Waals surface area (Å²) >= 11 is 0. The average molecular weight is 273 g/mol. The average Bonchev–Trinajstić information content (AvgIpc) is 2.36. The highest BCUT2D eigenvalue weighted by molar-refractivity contribution is 5.43. The molecule has 0 aromatic heterocycles. The van der Waals surface area contributed by atoms with E-state index in [0.717, 1.165) is 12.3 Å². The van der Waals surface area contributed by atoms with Gasteiger partial charge in [-0.1, -0.05) is 38.5 Å². The first-order valence-electron chi connectivity index (χ1n) is 7.96. The fraction of sp³-hybridized carbons (Fsp3) is 0.667. The maximum atomic E-state index is 5.63. The Morgan fingerprint density at radius 3 is 2.45 bits per heavy atom. The number of rotatable bonds is 5. The fourth-order valence-electron chi connectivity index (χ4n) is 4.31. The summed E-state index contributed by atoms with van der Waals surface area (Å²) in [6, 6.07) is 9.15. The van der Waals surface area contributed by atoms with Crippen molar-refractivity contribution in [2.45, 2.75) is 57.4 Å². The van der Waals surface area contributed by atoms with Gasteiger partial charge in [0, 0.05) is 23.6 Å². The van der Waals surface area contributed by atoms with Crippen molar-refractivity contribution in [3.63, 3.8) is 0 Å². The zero-order valence-electron chi connectivity index (χ0n) is 13.0. The van der Waals surface area contributed by atoms with Crippen LogP contribution in [0.15, 0.2) is 24.3 Å². The Bertz CT molecular complexity index is 468. The van der Waals surface area contributed by atoms with Gasteiger partial charge in [0.1, 0.15) is 5.75 Å². The molecule has 0 aliphatic heterocycles. The molecule has 2 aliphatic rings. The van der Waals surface area contributed by atoms with Crippen molar-refractivity contribution in [1.82, 2.24) is 5.32 Å². The second kappa shape index (κ2) is 5.07. The lowest BCUT2D eigenvalue weighted by molar-refractivity contribution is -0.0497. The molecule has 0 saturated heterocycles. The Labute approximate surface area is 122 Å². The SMILES string of the molecule is COc1ccccc1C1(CNC(C)C)CC2(CCC2)C1. The van der Waals surface area contributed by atoms with Crippen molar-refractivity contribution in [3.8, 4) is 5.75 Å². The van der Waals surface area contributed by atoms with E-state index in [2.05, 4.69) is 43.4 Å². The molecule has 2 heteroatoms. The normalized spacial score (nSPS) is 22.4. The van der Waals surface area contributed by atoms with Crippen LogP contribution < -0.4 is 10.1 Å². The molecule has 2 saturated carbocycles. The number of methoxy groups -OCH3 is 1. The zero-order valence-corrected chi connectivity index (χ0v) is 13.0. The van der Waals surface area contributed by atoms with Crippen molar-refractivity contribution in [2.75, 3.05) is 13.7 Å². The minimum absolute atomic E-state index is 0.289. The third-order valence-corrected chi connectivity index (χ3v) is 5.37. The number of hydrogen-bond donors (Lipinski definition) is 1. The van der Waals surface area contributed by atoms with E-state index in [1.54, 1.807) is 7.11 Å². The van der Waals surface area contributed by atoms with Crippen LogP contribution in [0.2, 0.25) is 0 Å². The minimum atomic E-state index is 0.289. The summed E-state index contributed by atoms with van der Waals surface area (Å²) in [6.45, 7) is 5.54. The number of hydrogen-bond acceptors (Lipinski definition) is 2. The molecule has 20 heavy (non-hydrogen) atoms. The molecule has 110 valence electrons. The molecule has 1 aromatic rings. The highest BCUT2D eigenvalue weighted by Gasteiger charge is 2.57. The first kappa shape index (κ1) is 13.9. The molecule has 0 radical (unpaired) electrons. The molecule has 2 aliphatic carbocycles. The molecule has 0 unspecified atom stereocenters. The maximum absolute atomic E-state index is 5.63. The van der Waals surface area contributed by atoms with E-state index in [4.69, 9.17) is 4.74 Å². The van der Waals surface area contributed by atoms with Gasteiger partial charge in [0.05, 0.1) is 7.11 Å². The molecule has 1 aromatic carbocycles. The van der Waals surface area contributed by atoms with E-state index in [9.17, 15) is 0 Å². The van der Waals surface area contributed by atoms with Crippen molar-refractivity contribution >= 4 is 0 Å². The molecule has 0 amide bonds. The first-order chi connectivity index (χ1) is 9.59. The summed E-state index contributed by atoms with van der Waals surface area (Å²) in [6.07, 6.45) is 6.97. The second-order valence-electron chi connectivity index (χ2n) is 7.22. The third kappa shape index (κ3) is 2.24. The predicted molar refractivity (Wildman–Crippen MR) is 83.3 cm³/mol. The number of ether oxygens (including phenoxy) is 1.